The fourth-order valence-electron chi connectivity index (χ4n) is 1.67. The third-order valence-electron chi connectivity index (χ3n) is 2.66. The molecule has 6 heteroatoms. The SMILES string of the molecule is OCC(CCOCC(F)(F)F)Cc1ccccc1Cl. The predicted octanol–water partition coefficient (Wildman–Crippen LogP) is 3.46. The highest BCUT2D eigenvalue weighted by Gasteiger charge is 2.27. The number of halogens is 4. The molecule has 1 rings (SSSR count). The van der Waals surface area contributed by atoms with Crippen LogP contribution in [0.15, 0.2) is 24.3 Å². The molecule has 108 valence electrons. The van der Waals surface area contributed by atoms with Gasteiger partial charge in [0.2, 0.25) is 0 Å². The number of hydrogen-bond acceptors (Lipinski definition) is 2. The molecule has 0 heterocycles. The van der Waals surface area contributed by atoms with Crippen LogP contribution in [0.1, 0.15) is 12.0 Å². The first-order valence-electron chi connectivity index (χ1n) is 5.91. The standard InChI is InChI=1S/C13H16ClF3O2/c14-12-4-2-1-3-11(12)7-10(8-18)5-6-19-9-13(15,16)17/h1-4,10,18H,5-9H2. The molecule has 1 N–H and O–H groups in total. The molecule has 0 bridgehead atoms. The van der Waals surface area contributed by atoms with E-state index in [-0.39, 0.29) is 19.1 Å². The molecule has 1 unspecified atom stereocenters. The average molecular weight is 297 g/mol. The van der Waals surface area contributed by atoms with Crippen LogP contribution < -0.4 is 0 Å². The maximum atomic E-state index is 11.9. The Hall–Kier alpha value is -0.780. The van der Waals surface area contributed by atoms with Gasteiger partial charge in [-0.05, 0) is 30.4 Å². The van der Waals surface area contributed by atoms with Gasteiger partial charge in [-0.2, -0.15) is 13.2 Å². The van der Waals surface area contributed by atoms with Crippen molar-refractivity contribution in [3.63, 3.8) is 0 Å². The summed E-state index contributed by atoms with van der Waals surface area (Å²) in [5.41, 5.74) is 0.874. The Kier molecular flexibility index (Phi) is 6.62. The third-order valence-corrected chi connectivity index (χ3v) is 3.03. The lowest BCUT2D eigenvalue weighted by molar-refractivity contribution is -0.174. The zero-order valence-electron chi connectivity index (χ0n) is 10.3. The van der Waals surface area contributed by atoms with E-state index in [0.29, 0.717) is 17.9 Å². The van der Waals surface area contributed by atoms with E-state index in [1.54, 1.807) is 12.1 Å². The van der Waals surface area contributed by atoms with E-state index in [2.05, 4.69) is 4.74 Å². The van der Waals surface area contributed by atoms with Crippen LogP contribution in [0.25, 0.3) is 0 Å². The fraction of sp³-hybridized carbons (Fsp3) is 0.538. The minimum atomic E-state index is -4.31. The lowest BCUT2D eigenvalue weighted by Gasteiger charge is -2.15. The van der Waals surface area contributed by atoms with Gasteiger partial charge >= 0.3 is 6.18 Å². The van der Waals surface area contributed by atoms with Gasteiger partial charge in [0, 0.05) is 18.2 Å². The van der Waals surface area contributed by atoms with Crippen molar-refractivity contribution in [3.05, 3.63) is 34.9 Å². The van der Waals surface area contributed by atoms with Crippen LogP contribution in [0.2, 0.25) is 5.02 Å². The topological polar surface area (TPSA) is 29.5 Å². The molecular formula is C13H16ClF3O2. The van der Waals surface area contributed by atoms with Crippen molar-refractivity contribution >= 4 is 11.6 Å². The summed E-state index contributed by atoms with van der Waals surface area (Å²) in [7, 11) is 0. The lowest BCUT2D eigenvalue weighted by Crippen LogP contribution is -2.19. The number of alkyl halides is 3. The smallest absolute Gasteiger partial charge is 0.396 e. The van der Waals surface area contributed by atoms with Crippen LogP contribution in [-0.2, 0) is 11.2 Å². The number of aliphatic hydroxyl groups excluding tert-OH is 1. The first kappa shape index (κ1) is 16.3. The molecule has 0 spiro atoms. The highest BCUT2D eigenvalue weighted by atomic mass is 35.5. The lowest BCUT2D eigenvalue weighted by atomic mass is 9.97. The zero-order chi connectivity index (χ0) is 14.3. The normalized spacial score (nSPS) is 13.5. The van der Waals surface area contributed by atoms with Crippen LogP contribution in [-0.4, -0.2) is 31.1 Å². The number of hydrogen-bond donors (Lipinski definition) is 1. The van der Waals surface area contributed by atoms with Crippen LogP contribution in [0, 0.1) is 5.92 Å². The van der Waals surface area contributed by atoms with E-state index in [4.69, 9.17) is 11.6 Å². The highest BCUT2D eigenvalue weighted by Crippen LogP contribution is 2.21. The molecule has 1 atom stereocenters. The second-order valence-corrected chi connectivity index (χ2v) is 4.71. The third kappa shape index (κ3) is 6.80. The maximum absolute atomic E-state index is 11.9. The first-order valence-corrected chi connectivity index (χ1v) is 6.29. The van der Waals surface area contributed by atoms with Gasteiger partial charge in [-0.1, -0.05) is 29.8 Å². The van der Waals surface area contributed by atoms with Crippen LogP contribution in [0.4, 0.5) is 13.2 Å². The Morgan fingerprint density at radius 2 is 1.95 bits per heavy atom. The predicted molar refractivity (Wildman–Crippen MR) is 67.2 cm³/mol. The Labute approximate surface area is 115 Å². The van der Waals surface area contributed by atoms with Crippen molar-refractivity contribution in [3.8, 4) is 0 Å². The molecule has 19 heavy (non-hydrogen) atoms. The van der Waals surface area contributed by atoms with Crippen LogP contribution in [0.5, 0.6) is 0 Å². The second-order valence-electron chi connectivity index (χ2n) is 4.30. The Bertz CT molecular complexity index is 382. The fourth-order valence-corrected chi connectivity index (χ4v) is 1.88. The van der Waals surface area contributed by atoms with Crippen molar-refractivity contribution in [2.24, 2.45) is 5.92 Å². The summed E-state index contributed by atoms with van der Waals surface area (Å²) in [5.74, 6) is -0.159. The minimum absolute atomic E-state index is 0.0326. The van der Waals surface area contributed by atoms with E-state index < -0.39 is 12.8 Å². The number of rotatable bonds is 7. The van der Waals surface area contributed by atoms with Gasteiger partial charge < -0.3 is 9.84 Å². The molecule has 0 amide bonds. The largest absolute Gasteiger partial charge is 0.411 e. The summed E-state index contributed by atoms with van der Waals surface area (Å²) >= 11 is 5.98. The van der Waals surface area contributed by atoms with E-state index in [1.807, 2.05) is 12.1 Å². The van der Waals surface area contributed by atoms with Gasteiger partial charge in [0.1, 0.15) is 6.61 Å². The van der Waals surface area contributed by atoms with Gasteiger partial charge in [-0.3, -0.25) is 0 Å². The molecule has 0 aromatic heterocycles. The quantitative estimate of drug-likeness (QED) is 0.781. The molecular weight excluding hydrogens is 281 g/mol. The summed E-state index contributed by atoms with van der Waals surface area (Å²) in [4.78, 5) is 0. The number of ether oxygens (including phenoxy) is 1. The maximum Gasteiger partial charge on any atom is 0.411 e. The summed E-state index contributed by atoms with van der Waals surface area (Å²) in [6.45, 7) is -1.40. The Balaban J connectivity index is 2.36. The Morgan fingerprint density at radius 1 is 1.26 bits per heavy atom. The van der Waals surface area contributed by atoms with Crippen molar-refractivity contribution < 1.29 is 23.0 Å². The van der Waals surface area contributed by atoms with Gasteiger partial charge in [-0.25, -0.2) is 0 Å². The molecule has 0 aliphatic heterocycles. The van der Waals surface area contributed by atoms with E-state index >= 15 is 0 Å². The summed E-state index contributed by atoms with van der Waals surface area (Å²) in [6, 6.07) is 7.20. The molecule has 1 aromatic carbocycles. The highest BCUT2D eigenvalue weighted by molar-refractivity contribution is 6.31. The first-order chi connectivity index (χ1) is 8.92. The van der Waals surface area contributed by atoms with Crippen molar-refractivity contribution in [1.29, 1.82) is 0 Å². The molecule has 0 fully saturated rings. The second kappa shape index (κ2) is 7.72. The minimum Gasteiger partial charge on any atom is -0.396 e. The van der Waals surface area contributed by atoms with Crippen molar-refractivity contribution in [1.82, 2.24) is 0 Å². The Morgan fingerprint density at radius 3 is 2.53 bits per heavy atom. The van der Waals surface area contributed by atoms with Gasteiger partial charge in [-0.15, -0.1) is 0 Å². The van der Waals surface area contributed by atoms with Crippen LogP contribution >= 0.6 is 11.6 Å². The monoisotopic (exact) mass is 296 g/mol. The summed E-state index contributed by atoms with van der Waals surface area (Å²) in [6.07, 6.45) is -3.43. The van der Waals surface area contributed by atoms with Crippen molar-refractivity contribution in [2.45, 2.75) is 19.0 Å². The van der Waals surface area contributed by atoms with Crippen molar-refractivity contribution in [2.75, 3.05) is 19.8 Å². The average Bonchev–Trinajstić information content (AvgIpc) is 2.34. The number of aliphatic hydroxyl groups is 1. The van der Waals surface area contributed by atoms with E-state index in [0.717, 1.165) is 5.56 Å². The molecule has 0 aliphatic carbocycles. The van der Waals surface area contributed by atoms with E-state index in [9.17, 15) is 18.3 Å². The van der Waals surface area contributed by atoms with E-state index in [1.165, 1.54) is 0 Å². The van der Waals surface area contributed by atoms with Gasteiger partial charge in [0.05, 0.1) is 0 Å². The number of benzene rings is 1. The molecule has 1 aromatic rings. The summed E-state index contributed by atoms with van der Waals surface area (Å²) in [5, 5.41) is 9.81. The molecule has 2 nitrogen and oxygen atoms in total. The van der Waals surface area contributed by atoms with Crippen LogP contribution in [0.3, 0.4) is 0 Å². The molecule has 0 radical (unpaired) electrons. The summed E-state index contributed by atoms with van der Waals surface area (Å²) < 4.78 is 40.1. The zero-order valence-corrected chi connectivity index (χ0v) is 11.0. The van der Waals surface area contributed by atoms with Gasteiger partial charge in [0.25, 0.3) is 0 Å². The van der Waals surface area contributed by atoms with Gasteiger partial charge in [0.15, 0.2) is 0 Å². The molecule has 0 aliphatic rings. The molecule has 0 saturated carbocycles. The molecule has 0 saturated heterocycles.